The summed E-state index contributed by atoms with van der Waals surface area (Å²) in [4.78, 5) is 49.0. The van der Waals surface area contributed by atoms with Crippen LogP contribution in [0.25, 0.3) is 0 Å². The zero-order valence-electron chi connectivity index (χ0n) is 19.8. The van der Waals surface area contributed by atoms with Gasteiger partial charge in [0, 0.05) is 39.4 Å². The molecule has 0 spiro atoms. The molecule has 1 unspecified atom stereocenters. The third-order valence-corrected chi connectivity index (χ3v) is 4.89. The van der Waals surface area contributed by atoms with E-state index in [1.54, 1.807) is 38.2 Å². The Hall–Kier alpha value is -2.74. The Morgan fingerprint density at radius 3 is 2.39 bits per heavy atom. The summed E-state index contributed by atoms with van der Waals surface area (Å²) in [6.45, 7) is 5.63. The molecule has 3 N–H and O–H groups in total. The van der Waals surface area contributed by atoms with Gasteiger partial charge in [-0.1, -0.05) is 32.9 Å². The average Bonchev–Trinajstić information content (AvgIpc) is 2.77. The highest BCUT2D eigenvalue weighted by atomic mass is 16.6. The number of ketones is 2. The van der Waals surface area contributed by atoms with E-state index in [4.69, 9.17) is 11.8 Å². The lowest BCUT2D eigenvalue weighted by Gasteiger charge is -2.17. The summed E-state index contributed by atoms with van der Waals surface area (Å²) in [6, 6.07) is 6.30. The number of carbonyl (C=O) groups excluding carboxylic acids is 4. The fraction of sp³-hybridized carbons (Fsp3) is 0.565. The number of hydrogen-bond acceptors (Lipinski definition) is 6. The van der Waals surface area contributed by atoms with Crippen LogP contribution in [0.4, 0.5) is 10.5 Å². The first-order valence-electron chi connectivity index (χ1n) is 11.1. The summed E-state index contributed by atoms with van der Waals surface area (Å²) in [5.74, 6) is -1.03. The Morgan fingerprint density at radius 2 is 1.81 bits per heavy atom. The molecule has 0 saturated carbocycles. The van der Waals surface area contributed by atoms with Crippen molar-refractivity contribution in [2.45, 2.75) is 59.6 Å². The van der Waals surface area contributed by atoms with Gasteiger partial charge in [-0.05, 0) is 36.9 Å². The van der Waals surface area contributed by atoms with Gasteiger partial charge in [-0.15, -0.1) is 0 Å². The zero-order chi connectivity index (χ0) is 24.3. The number of Topliss-reactive ketones (excluding diaryl/α,β-unsaturated/α-hetero) is 2. The number of ether oxygens (including phenoxy) is 1. The summed E-state index contributed by atoms with van der Waals surface area (Å²) in [6.07, 6.45) is 0.347. The topological polar surface area (TPSA) is 119 Å². The summed E-state index contributed by atoms with van der Waals surface area (Å²) >= 11 is 0. The number of benzene rings is 1. The molecular weight excluding hydrogens is 398 g/mol. The molecule has 0 fully saturated rings. The Labute approximate surface area is 185 Å². The largest absolute Gasteiger partial charge is 0.445 e. The number of nitrogens with two attached hydrogens (primary N) is 1. The van der Waals surface area contributed by atoms with Crippen LogP contribution in [-0.4, -0.2) is 48.1 Å². The molecule has 2 atom stereocenters. The van der Waals surface area contributed by atoms with Gasteiger partial charge in [-0.25, -0.2) is 4.79 Å². The number of nitrogens with zero attached hydrogens (tertiary/aromatic N) is 1. The van der Waals surface area contributed by atoms with E-state index in [0.717, 1.165) is 5.56 Å². The second-order valence-corrected chi connectivity index (χ2v) is 8.15. The molecule has 31 heavy (non-hydrogen) atoms. The molecule has 0 radical (unpaired) electrons. The lowest BCUT2D eigenvalue weighted by molar-refractivity contribution is -0.127. The molecule has 0 aromatic heterocycles. The maximum atomic E-state index is 12.4. The molecule has 0 saturated heterocycles. The molecule has 0 aliphatic carbocycles. The Balaban J connectivity index is 2.45. The first kappa shape index (κ1) is 24.5. The lowest BCUT2D eigenvalue weighted by atomic mass is 9.93. The van der Waals surface area contributed by atoms with Gasteiger partial charge in [-0.2, -0.15) is 0 Å². The molecule has 0 heterocycles. The van der Waals surface area contributed by atoms with Crippen LogP contribution in [0.1, 0.15) is 53.9 Å². The summed E-state index contributed by atoms with van der Waals surface area (Å²) in [5, 5.41) is 2.77. The van der Waals surface area contributed by atoms with E-state index < -0.39 is 18.1 Å². The van der Waals surface area contributed by atoms with Crippen molar-refractivity contribution < 1.29 is 25.3 Å². The van der Waals surface area contributed by atoms with E-state index in [1.165, 1.54) is 4.90 Å². The van der Waals surface area contributed by atoms with Gasteiger partial charge < -0.3 is 25.5 Å². The third kappa shape index (κ3) is 9.74. The van der Waals surface area contributed by atoms with Crippen molar-refractivity contribution in [1.29, 1.82) is 0 Å². The number of hydrogen-bond donors (Lipinski definition) is 2. The zero-order valence-corrected chi connectivity index (χ0v) is 18.8. The maximum Gasteiger partial charge on any atom is 0.409 e. The summed E-state index contributed by atoms with van der Waals surface area (Å²) in [5.41, 5.74) is 7.17. The predicted molar refractivity (Wildman–Crippen MR) is 119 cm³/mol. The molecule has 8 heteroatoms. The number of rotatable bonds is 12. The molecule has 1 aromatic carbocycles. The van der Waals surface area contributed by atoms with E-state index in [9.17, 15) is 19.2 Å². The van der Waals surface area contributed by atoms with Crippen molar-refractivity contribution in [3.8, 4) is 0 Å². The van der Waals surface area contributed by atoms with Crippen LogP contribution in [0.3, 0.4) is 0 Å². The minimum absolute atomic E-state index is 0.0251. The molecule has 0 aliphatic rings. The number of nitrogens with one attached hydrogen (secondary N) is 1. The van der Waals surface area contributed by atoms with E-state index in [-0.39, 0.29) is 49.7 Å². The third-order valence-electron chi connectivity index (χ3n) is 4.89. The van der Waals surface area contributed by atoms with Gasteiger partial charge in [0.05, 0.1) is 6.04 Å². The Bertz CT molecular complexity index is 782. The molecular formula is C23H35N3O5. The smallest absolute Gasteiger partial charge is 0.409 e. The highest BCUT2D eigenvalue weighted by Gasteiger charge is 2.23. The van der Waals surface area contributed by atoms with Gasteiger partial charge in [0.25, 0.3) is 0 Å². The molecule has 2 amide bonds. The van der Waals surface area contributed by atoms with Crippen LogP contribution in [-0.2, 0) is 25.7 Å². The highest BCUT2D eigenvalue weighted by Crippen LogP contribution is 2.15. The first-order valence-corrected chi connectivity index (χ1v) is 10.4. The standard InChI is InChI=1S/C23H35N3O5/c1-15(2)21(24)20(28)13-16(3)22(29)25-19-10-8-18(9-11-19)14-31-23(30)26(5)12-6-7-17(4)27/h8-11,15-16,21H,6-7,12-14,24H2,1-5H3,(H,25,29)/t16-,21?/m1/s1/i4D. The molecule has 1 aromatic rings. The van der Waals surface area contributed by atoms with Crippen LogP contribution in [0.2, 0.25) is 0 Å². The average molecular weight is 435 g/mol. The van der Waals surface area contributed by atoms with Crippen LogP contribution < -0.4 is 11.1 Å². The monoisotopic (exact) mass is 434 g/mol. The maximum absolute atomic E-state index is 12.4. The van der Waals surface area contributed by atoms with E-state index >= 15 is 0 Å². The fourth-order valence-electron chi connectivity index (χ4n) is 2.71. The van der Waals surface area contributed by atoms with Crippen LogP contribution in [0, 0.1) is 11.8 Å². The normalized spacial score (nSPS) is 13.2. The molecule has 0 bridgehead atoms. The lowest BCUT2D eigenvalue weighted by Crippen LogP contribution is -2.37. The van der Waals surface area contributed by atoms with Crippen molar-refractivity contribution in [1.82, 2.24) is 4.90 Å². The van der Waals surface area contributed by atoms with Gasteiger partial charge in [0.2, 0.25) is 5.91 Å². The second kappa shape index (κ2) is 12.8. The number of carbonyl (C=O) groups is 4. The van der Waals surface area contributed by atoms with Gasteiger partial charge in [0.15, 0.2) is 5.78 Å². The summed E-state index contributed by atoms with van der Waals surface area (Å²) in [7, 11) is 1.59. The van der Waals surface area contributed by atoms with Crippen molar-refractivity contribution in [3.05, 3.63) is 29.8 Å². The van der Waals surface area contributed by atoms with Crippen molar-refractivity contribution in [2.75, 3.05) is 18.9 Å². The van der Waals surface area contributed by atoms with E-state index in [2.05, 4.69) is 5.32 Å². The Morgan fingerprint density at radius 1 is 1.16 bits per heavy atom. The fourth-order valence-corrected chi connectivity index (χ4v) is 2.71. The second-order valence-electron chi connectivity index (χ2n) is 8.15. The molecule has 8 nitrogen and oxygen atoms in total. The Kier molecular flexibility index (Phi) is 10.2. The number of amides is 2. The minimum atomic E-state index is -0.572. The van der Waals surface area contributed by atoms with Crippen molar-refractivity contribution >= 4 is 29.3 Å². The number of anilines is 1. The van der Waals surface area contributed by atoms with Gasteiger partial charge in [0.1, 0.15) is 12.4 Å². The molecule has 1 rings (SSSR count). The van der Waals surface area contributed by atoms with Gasteiger partial charge in [-0.3, -0.25) is 9.59 Å². The predicted octanol–water partition coefficient (Wildman–Crippen LogP) is 3.14. The molecule has 172 valence electrons. The van der Waals surface area contributed by atoms with Crippen LogP contribution in [0.15, 0.2) is 24.3 Å². The van der Waals surface area contributed by atoms with Crippen LogP contribution in [0.5, 0.6) is 0 Å². The van der Waals surface area contributed by atoms with E-state index in [0.29, 0.717) is 18.7 Å². The van der Waals surface area contributed by atoms with Crippen molar-refractivity contribution in [2.24, 2.45) is 17.6 Å². The minimum Gasteiger partial charge on any atom is -0.445 e. The van der Waals surface area contributed by atoms with Crippen LogP contribution >= 0.6 is 0 Å². The highest BCUT2D eigenvalue weighted by molar-refractivity contribution is 5.96. The van der Waals surface area contributed by atoms with E-state index in [1.807, 2.05) is 13.8 Å². The van der Waals surface area contributed by atoms with Crippen molar-refractivity contribution in [3.63, 3.8) is 0 Å². The summed E-state index contributed by atoms with van der Waals surface area (Å²) < 4.78 is 12.2. The molecule has 0 aliphatic heterocycles. The first-order chi connectivity index (χ1) is 15.0. The SMILES string of the molecule is [2H]CC(=O)CCCN(C)C(=O)OCc1ccc(NC(=O)[C@H](C)CC(=O)C(N)C(C)C)cc1. The quantitative estimate of drug-likeness (QED) is 0.522. The van der Waals surface area contributed by atoms with Gasteiger partial charge >= 0.3 is 6.09 Å².